The number of rotatable bonds is 1. The fourth-order valence-electron chi connectivity index (χ4n) is 1.58. The molecular weight excluding hydrogens is 320 g/mol. The molecule has 1 aromatic carbocycles. The van der Waals surface area contributed by atoms with Crippen LogP contribution in [0.15, 0.2) is 41.1 Å². The summed E-state index contributed by atoms with van der Waals surface area (Å²) in [7, 11) is 0. The highest BCUT2D eigenvalue weighted by molar-refractivity contribution is 9.10. The minimum Gasteiger partial charge on any atom is -0.235 e. The number of aromatic nitrogens is 2. The number of thiophene rings is 1. The van der Waals surface area contributed by atoms with E-state index in [1.807, 2.05) is 18.2 Å². The quantitative estimate of drug-likeness (QED) is 0.602. The Morgan fingerprint density at radius 2 is 1.88 bits per heavy atom. The lowest BCUT2D eigenvalue weighted by atomic mass is 10.2. The van der Waals surface area contributed by atoms with Gasteiger partial charge in [-0.3, -0.25) is 0 Å². The van der Waals surface area contributed by atoms with Crippen LogP contribution in [0, 0.1) is 0 Å². The second-order valence-electron chi connectivity index (χ2n) is 3.50. The first-order valence-corrected chi connectivity index (χ1v) is 6.89. The third-order valence-corrected chi connectivity index (χ3v) is 4.50. The monoisotopic (exact) mass is 324 g/mol. The summed E-state index contributed by atoms with van der Waals surface area (Å²) >= 11 is 11.1. The molecule has 3 aromatic rings. The minimum atomic E-state index is 0.517. The zero-order valence-corrected chi connectivity index (χ0v) is 11.7. The summed E-state index contributed by atoms with van der Waals surface area (Å²) in [4.78, 5) is 9.35. The van der Waals surface area contributed by atoms with E-state index in [0.717, 1.165) is 25.1 Å². The van der Waals surface area contributed by atoms with Gasteiger partial charge in [0, 0.05) is 9.35 Å². The molecule has 2 nitrogen and oxygen atoms in total. The Hall–Kier alpha value is -0.970. The van der Waals surface area contributed by atoms with Gasteiger partial charge in [0.15, 0.2) is 0 Å². The number of hydrogen-bond acceptors (Lipinski definition) is 3. The van der Waals surface area contributed by atoms with Gasteiger partial charge in [0.2, 0.25) is 0 Å². The third-order valence-electron chi connectivity index (χ3n) is 2.40. The van der Waals surface area contributed by atoms with Gasteiger partial charge in [-0.25, -0.2) is 9.97 Å². The molecule has 0 spiro atoms. The number of hydrogen-bond donors (Lipinski definition) is 0. The lowest BCUT2D eigenvalue weighted by Crippen LogP contribution is -1.76. The summed E-state index contributed by atoms with van der Waals surface area (Å²) in [5, 5.41) is 0.517. The van der Waals surface area contributed by atoms with Crippen LogP contribution in [0.2, 0.25) is 5.15 Å². The molecule has 0 aliphatic heterocycles. The number of fused-ring (bicyclic) bond motifs is 1. The number of nitrogens with zero attached hydrogens (tertiary/aromatic N) is 2. The van der Waals surface area contributed by atoms with Crippen molar-refractivity contribution in [3.05, 3.63) is 46.3 Å². The molecule has 17 heavy (non-hydrogen) atoms. The molecule has 0 aliphatic carbocycles. The van der Waals surface area contributed by atoms with E-state index < -0.39 is 0 Å². The van der Waals surface area contributed by atoms with Crippen LogP contribution in [0.4, 0.5) is 0 Å². The van der Waals surface area contributed by atoms with Crippen molar-refractivity contribution < 1.29 is 0 Å². The molecule has 0 amide bonds. The highest BCUT2D eigenvalue weighted by Gasteiger charge is 2.08. The predicted molar refractivity (Wildman–Crippen MR) is 75.6 cm³/mol. The molecular formula is C12H6BrClN2S. The molecule has 5 heteroatoms. The third kappa shape index (κ3) is 2.08. The Bertz CT molecular complexity index is 679. The maximum atomic E-state index is 6.03. The average molecular weight is 326 g/mol. The van der Waals surface area contributed by atoms with Crippen molar-refractivity contribution in [3.63, 3.8) is 0 Å². The number of halogens is 2. The van der Waals surface area contributed by atoms with Crippen LogP contribution in [-0.2, 0) is 0 Å². The smallest absolute Gasteiger partial charge is 0.150 e. The molecule has 0 unspecified atom stereocenters. The van der Waals surface area contributed by atoms with Crippen molar-refractivity contribution >= 4 is 49.1 Å². The SMILES string of the molecule is Clc1ncnc2cc(-c3ccc(Br)cc3)sc12. The van der Waals surface area contributed by atoms with E-state index in [1.54, 1.807) is 11.3 Å². The van der Waals surface area contributed by atoms with E-state index >= 15 is 0 Å². The molecule has 0 N–H and O–H groups in total. The first-order valence-electron chi connectivity index (χ1n) is 4.90. The fraction of sp³-hybridized carbons (Fsp3) is 0. The Labute approximate surface area is 115 Å². The largest absolute Gasteiger partial charge is 0.235 e. The van der Waals surface area contributed by atoms with Gasteiger partial charge in [0.1, 0.15) is 11.5 Å². The highest BCUT2D eigenvalue weighted by Crippen LogP contribution is 2.35. The minimum absolute atomic E-state index is 0.517. The van der Waals surface area contributed by atoms with Crippen molar-refractivity contribution in [1.29, 1.82) is 0 Å². The zero-order valence-electron chi connectivity index (χ0n) is 8.52. The van der Waals surface area contributed by atoms with Crippen LogP contribution < -0.4 is 0 Å². The normalized spacial score (nSPS) is 10.9. The second kappa shape index (κ2) is 4.37. The van der Waals surface area contributed by atoms with Crippen LogP contribution in [-0.4, -0.2) is 9.97 Å². The Morgan fingerprint density at radius 3 is 2.59 bits per heavy atom. The van der Waals surface area contributed by atoms with Crippen LogP contribution in [0.25, 0.3) is 20.7 Å². The van der Waals surface area contributed by atoms with Gasteiger partial charge in [0.25, 0.3) is 0 Å². The Morgan fingerprint density at radius 1 is 1.12 bits per heavy atom. The predicted octanol–water partition coefficient (Wildman–Crippen LogP) is 4.77. The summed E-state index contributed by atoms with van der Waals surface area (Å²) in [6.07, 6.45) is 1.49. The summed E-state index contributed by atoms with van der Waals surface area (Å²) in [6, 6.07) is 10.2. The second-order valence-corrected chi connectivity index (χ2v) is 5.82. The van der Waals surface area contributed by atoms with Gasteiger partial charge in [-0.2, -0.15) is 0 Å². The maximum Gasteiger partial charge on any atom is 0.150 e. The molecule has 0 radical (unpaired) electrons. The van der Waals surface area contributed by atoms with E-state index in [4.69, 9.17) is 11.6 Å². The van der Waals surface area contributed by atoms with Crippen molar-refractivity contribution in [2.75, 3.05) is 0 Å². The molecule has 0 saturated heterocycles. The van der Waals surface area contributed by atoms with Gasteiger partial charge < -0.3 is 0 Å². The topological polar surface area (TPSA) is 25.8 Å². The van der Waals surface area contributed by atoms with Crippen molar-refractivity contribution in [1.82, 2.24) is 9.97 Å². The highest BCUT2D eigenvalue weighted by atomic mass is 79.9. The van der Waals surface area contributed by atoms with E-state index in [-0.39, 0.29) is 0 Å². The van der Waals surface area contributed by atoms with E-state index in [2.05, 4.69) is 38.0 Å². The maximum absolute atomic E-state index is 6.03. The van der Waals surface area contributed by atoms with Gasteiger partial charge >= 0.3 is 0 Å². The molecule has 0 saturated carbocycles. The zero-order chi connectivity index (χ0) is 11.8. The molecule has 2 heterocycles. The summed E-state index contributed by atoms with van der Waals surface area (Å²) < 4.78 is 2.01. The molecule has 0 atom stereocenters. The lowest BCUT2D eigenvalue weighted by Gasteiger charge is -1.96. The van der Waals surface area contributed by atoms with E-state index in [0.29, 0.717) is 5.15 Å². The average Bonchev–Trinajstić information content (AvgIpc) is 2.75. The van der Waals surface area contributed by atoms with E-state index in [1.165, 1.54) is 6.33 Å². The van der Waals surface area contributed by atoms with Crippen molar-refractivity contribution in [2.45, 2.75) is 0 Å². The number of benzene rings is 1. The van der Waals surface area contributed by atoms with Crippen LogP contribution >= 0.6 is 38.9 Å². The molecule has 0 aliphatic rings. The standard InChI is InChI=1S/C12H6BrClN2S/c13-8-3-1-7(2-4-8)10-5-9-11(17-10)12(14)16-6-15-9/h1-6H. The molecule has 3 rings (SSSR count). The Kier molecular flexibility index (Phi) is 2.86. The molecule has 0 fully saturated rings. The van der Waals surface area contributed by atoms with Gasteiger partial charge in [-0.1, -0.05) is 39.7 Å². The van der Waals surface area contributed by atoms with Crippen LogP contribution in [0.1, 0.15) is 0 Å². The van der Waals surface area contributed by atoms with Gasteiger partial charge in [-0.15, -0.1) is 11.3 Å². The fourth-order valence-corrected chi connectivity index (χ4v) is 3.10. The summed E-state index contributed by atoms with van der Waals surface area (Å²) in [6.45, 7) is 0. The van der Waals surface area contributed by atoms with Gasteiger partial charge in [0.05, 0.1) is 10.2 Å². The van der Waals surface area contributed by atoms with Crippen molar-refractivity contribution in [3.8, 4) is 10.4 Å². The first kappa shape index (κ1) is 11.1. The summed E-state index contributed by atoms with van der Waals surface area (Å²) in [5.74, 6) is 0. The lowest BCUT2D eigenvalue weighted by molar-refractivity contribution is 1.23. The molecule has 0 bridgehead atoms. The summed E-state index contributed by atoms with van der Waals surface area (Å²) in [5.41, 5.74) is 2.06. The van der Waals surface area contributed by atoms with E-state index in [9.17, 15) is 0 Å². The molecule has 84 valence electrons. The van der Waals surface area contributed by atoms with Crippen LogP contribution in [0.3, 0.4) is 0 Å². The molecule has 2 aromatic heterocycles. The van der Waals surface area contributed by atoms with Crippen molar-refractivity contribution in [2.24, 2.45) is 0 Å². The van der Waals surface area contributed by atoms with Crippen LogP contribution in [0.5, 0.6) is 0 Å². The first-order chi connectivity index (χ1) is 8.24. The Balaban J connectivity index is 2.18. The van der Waals surface area contributed by atoms with Gasteiger partial charge in [-0.05, 0) is 23.8 Å².